The SMILES string of the molecule is CCCNC(Cc1ccc([N+](=O)[O-])cc1)C1CCCOC1. The van der Waals surface area contributed by atoms with Gasteiger partial charge in [-0.1, -0.05) is 19.1 Å². The Bertz CT molecular complexity index is 441. The number of ether oxygens (including phenoxy) is 1. The van der Waals surface area contributed by atoms with E-state index in [9.17, 15) is 10.1 Å². The number of hydrogen-bond acceptors (Lipinski definition) is 4. The highest BCUT2D eigenvalue weighted by Gasteiger charge is 2.24. The molecule has 2 atom stereocenters. The second kappa shape index (κ2) is 8.10. The molecule has 1 aromatic carbocycles. The van der Waals surface area contributed by atoms with Crippen molar-refractivity contribution in [1.29, 1.82) is 0 Å². The zero-order valence-corrected chi connectivity index (χ0v) is 12.6. The third-order valence-corrected chi connectivity index (χ3v) is 4.02. The number of non-ortho nitro benzene ring substituents is 1. The molecule has 5 nitrogen and oxygen atoms in total. The van der Waals surface area contributed by atoms with Gasteiger partial charge < -0.3 is 10.1 Å². The van der Waals surface area contributed by atoms with Crippen LogP contribution in [0.25, 0.3) is 0 Å². The molecule has 1 fully saturated rings. The van der Waals surface area contributed by atoms with Gasteiger partial charge in [0, 0.05) is 24.8 Å². The first-order valence-electron chi connectivity index (χ1n) is 7.75. The third kappa shape index (κ3) is 4.79. The standard InChI is InChI=1S/C16H24N2O3/c1-2-9-17-16(14-4-3-10-21-12-14)11-13-5-7-15(8-6-13)18(19)20/h5-8,14,16-17H,2-4,9-12H2,1H3. The molecule has 0 aromatic heterocycles. The molecule has 0 aliphatic carbocycles. The van der Waals surface area contributed by atoms with E-state index in [1.807, 2.05) is 12.1 Å². The van der Waals surface area contributed by atoms with Gasteiger partial charge in [0.1, 0.15) is 0 Å². The number of nitro benzene ring substituents is 1. The van der Waals surface area contributed by atoms with Crippen molar-refractivity contribution in [2.45, 2.75) is 38.6 Å². The van der Waals surface area contributed by atoms with Crippen LogP contribution in [0.15, 0.2) is 24.3 Å². The topological polar surface area (TPSA) is 64.4 Å². The molecule has 1 aromatic rings. The van der Waals surface area contributed by atoms with Crippen molar-refractivity contribution in [2.75, 3.05) is 19.8 Å². The summed E-state index contributed by atoms with van der Waals surface area (Å²) in [6.45, 7) is 4.84. The first-order chi connectivity index (χ1) is 10.2. The highest BCUT2D eigenvalue weighted by molar-refractivity contribution is 5.33. The molecule has 21 heavy (non-hydrogen) atoms. The van der Waals surface area contributed by atoms with Crippen molar-refractivity contribution in [3.8, 4) is 0 Å². The van der Waals surface area contributed by atoms with Crippen LogP contribution in [0.4, 0.5) is 5.69 Å². The van der Waals surface area contributed by atoms with Crippen molar-refractivity contribution >= 4 is 5.69 Å². The lowest BCUT2D eigenvalue weighted by molar-refractivity contribution is -0.384. The van der Waals surface area contributed by atoms with Crippen molar-refractivity contribution < 1.29 is 9.66 Å². The molecule has 1 aliphatic rings. The van der Waals surface area contributed by atoms with Crippen LogP contribution in [0, 0.1) is 16.0 Å². The molecule has 2 unspecified atom stereocenters. The average Bonchev–Trinajstić information content (AvgIpc) is 2.52. The molecule has 0 spiro atoms. The molecule has 5 heteroatoms. The van der Waals surface area contributed by atoms with Gasteiger partial charge in [-0.05, 0) is 43.7 Å². The molecule has 1 heterocycles. The Morgan fingerprint density at radius 1 is 1.43 bits per heavy atom. The van der Waals surface area contributed by atoms with E-state index in [1.165, 1.54) is 6.42 Å². The Morgan fingerprint density at radius 3 is 2.76 bits per heavy atom. The fourth-order valence-electron chi connectivity index (χ4n) is 2.83. The molecule has 0 amide bonds. The molecule has 1 saturated heterocycles. The second-order valence-electron chi connectivity index (χ2n) is 5.67. The lowest BCUT2D eigenvalue weighted by Gasteiger charge is -2.31. The minimum atomic E-state index is -0.356. The van der Waals surface area contributed by atoms with Gasteiger partial charge in [-0.25, -0.2) is 0 Å². The molecule has 2 rings (SSSR count). The minimum absolute atomic E-state index is 0.151. The Labute approximate surface area is 125 Å². The van der Waals surface area contributed by atoms with Crippen LogP contribution in [0.1, 0.15) is 31.7 Å². The summed E-state index contributed by atoms with van der Waals surface area (Å²) in [5, 5.41) is 14.3. The van der Waals surface area contributed by atoms with Crippen LogP contribution >= 0.6 is 0 Å². The lowest BCUT2D eigenvalue weighted by atomic mass is 9.89. The number of nitrogens with zero attached hydrogens (tertiary/aromatic N) is 1. The van der Waals surface area contributed by atoms with Gasteiger partial charge in [-0.3, -0.25) is 10.1 Å². The van der Waals surface area contributed by atoms with Crippen LogP contribution in [0.2, 0.25) is 0 Å². The van der Waals surface area contributed by atoms with Gasteiger partial charge in [0.15, 0.2) is 0 Å². The maximum atomic E-state index is 10.7. The van der Waals surface area contributed by atoms with Crippen LogP contribution in [0.3, 0.4) is 0 Å². The van der Waals surface area contributed by atoms with Crippen LogP contribution in [0.5, 0.6) is 0 Å². The number of nitro groups is 1. The van der Waals surface area contributed by atoms with Crippen molar-refractivity contribution in [3.05, 3.63) is 39.9 Å². The fraction of sp³-hybridized carbons (Fsp3) is 0.625. The summed E-state index contributed by atoms with van der Waals surface area (Å²) in [4.78, 5) is 10.3. The van der Waals surface area contributed by atoms with E-state index in [4.69, 9.17) is 4.74 Å². The van der Waals surface area contributed by atoms with Crippen molar-refractivity contribution in [2.24, 2.45) is 5.92 Å². The summed E-state index contributed by atoms with van der Waals surface area (Å²) >= 11 is 0. The lowest BCUT2D eigenvalue weighted by Crippen LogP contribution is -2.42. The molecule has 116 valence electrons. The summed E-state index contributed by atoms with van der Waals surface area (Å²) in [5.74, 6) is 0.528. The monoisotopic (exact) mass is 292 g/mol. The quantitative estimate of drug-likeness (QED) is 0.620. The number of benzene rings is 1. The zero-order chi connectivity index (χ0) is 15.1. The maximum absolute atomic E-state index is 10.7. The largest absolute Gasteiger partial charge is 0.381 e. The average molecular weight is 292 g/mol. The fourth-order valence-corrected chi connectivity index (χ4v) is 2.83. The van der Waals surface area contributed by atoms with Gasteiger partial charge in [0.05, 0.1) is 11.5 Å². The molecular weight excluding hydrogens is 268 g/mol. The first-order valence-corrected chi connectivity index (χ1v) is 7.75. The van der Waals surface area contributed by atoms with E-state index < -0.39 is 0 Å². The van der Waals surface area contributed by atoms with Gasteiger partial charge in [0.2, 0.25) is 0 Å². The first kappa shape index (κ1) is 15.9. The van der Waals surface area contributed by atoms with Gasteiger partial charge in [-0.15, -0.1) is 0 Å². The summed E-state index contributed by atoms with van der Waals surface area (Å²) in [6.07, 6.45) is 4.31. The summed E-state index contributed by atoms with van der Waals surface area (Å²) in [6, 6.07) is 7.28. The minimum Gasteiger partial charge on any atom is -0.381 e. The van der Waals surface area contributed by atoms with Crippen molar-refractivity contribution in [1.82, 2.24) is 5.32 Å². The van der Waals surface area contributed by atoms with E-state index in [0.717, 1.165) is 44.6 Å². The summed E-state index contributed by atoms with van der Waals surface area (Å²) < 4.78 is 5.60. The predicted octanol–water partition coefficient (Wildman–Crippen LogP) is 2.93. The van der Waals surface area contributed by atoms with Crippen LogP contribution in [-0.4, -0.2) is 30.7 Å². The van der Waals surface area contributed by atoms with Gasteiger partial charge in [-0.2, -0.15) is 0 Å². The normalized spacial score (nSPS) is 20.1. The summed E-state index contributed by atoms with van der Waals surface area (Å²) in [7, 11) is 0. The predicted molar refractivity (Wildman–Crippen MR) is 82.4 cm³/mol. The molecule has 0 saturated carbocycles. The maximum Gasteiger partial charge on any atom is 0.269 e. The van der Waals surface area contributed by atoms with Crippen molar-refractivity contribution in [3.63, 3.8) is 0 Å². The molecule has 1 N–H and O–H groups in total. The molecule has 0 bridgehead atoms. The third-order valence-electron chi connectivity index (χ3n) is 4.02. The highest BCUT2D eigenvalue weighted by Crippen LogP contribution is 2.21. The van der Waals surface area contributed by atoms with Gasteiger partial charge >= 0.3 is 0 Å². The Hall–Kier alpha value is -1.46. The van der Waals surface area contributed by atoms with E-state index in [0.29, 0.717) is 12.0 Å². The summed E-state index contributed by atoms with van der Waals surface area (Å²) in [5.41, 5.74) is 1.29. The van der Waals surface area contributed by atoms with Crippen LogP contribution in [-0.2, 0) is 11.2 Å². The Balaban J connectivity index is 2.00. The number of hydrogen-bond donors (Lipinski definition) is 1. The van der Waals surface area contributed by atoms with Gasteiger partial charge in [0.25, 0.3) is 5.69 Å². The molecule has 0 radical (unpaired) electrons. The van der Waals surface area contributed by atoms with Crippen LogP contribution < -0.4 is 5.32 Å². The Kier molecular flexibility index (Phi) is 6.14. The molecule has 1 aliphatic heterocycles. The zero-order valence-electron chi connectivity index (χ0n) is 12.6. The highest BCUT2D eigenvalue weighted by atomic mass is 16.6. The smallest absolute Gasteiger partial charge is 0.269 e. The van der Waals surface area contributed by atoms with E-state index >= 15 is 0 Å². The van der Waals surface area contributed by atoms with E-state index in [-0.39, 0.29) is 10.6 Å². The Morgan fingerprint density at radius 2 is 2.19 bits per heavy atom. The number of rotatable bonds is 7. The van der Waals surface area contributed by atoms with E-state index in [2.05, 4.69) is 12.2 Å². The second-order valence-corrected chi connectivity index (χ2v) is 5.67. The molecular formula is C16H24N2O3. The van der Waals surface area contributed by atoms with E-state index in [1.54, 1.807) is 12.1 Å². The number of nitrogens with one attached hydrogen (secondary N) is 1.